The van der Waals surface area contributed by atoms with Gasteiger partial charge in [-0.1, -0.05) is 50.8 Å². The van der Waals surface area contributed by atoms with Gasteiger partial charge in [-0.05, 0) is 18.4 Å². The van der Waals surface area contributed by atoms with Crippen molar-refractivity contribution in [2.75, 3.05) is 6.54 Å². The number of unbranched alkanes of at least 4 members (excludes halogenated alkanes) is 1. The van der Waals surface area contributed by atoms with Crippen molar-refractivity contribution in [3.63, 3.8) is 0 Å². The van der Waals surface area contributed by atoms with E-state index in [9.17, 15) is 14.9 Å². The summed E-state index contributed by atoms with van der Waals surface area (Å²) in [5, 5.41) is 13.5. The van der Waals surface area contributed by atoms with Crippen molar-refractivity contribution < 1.29 is 9.72 Å². The molecule has 0 aliphatic carbocycles. The predicted octanol–water partition coefficient (Wildman–Crippen LogP) is 4.19. The first-order chi connectivity index (χ1) is 10.0. The maximum Gasteiger partial charge on any atom is 0.288 e. The van der Waals surface area contributed by atoms with Gasteiger partial charge in [0.2, 0.25) is 0 Å². The average Bonchev–Trinajstić information content (AvgIpc) is 2.47. The molecule has 0 aliphatic heterocycles. The van der Waals surface area contributed by atoms with Crippen LogP contribution >= 0.6 is 11.6 Å². The number of amides is 1. The van der Waals surface area contributed by atoms with Gasteiger partial charge in [0.15, 0.2) is 0 Å². The zero-order valence-corrected chi connectivity index (χ0v) is 13.2. The number of hydrogen-bond donors (Lipinski definition) is 1. The number of benzene rings is 1. The lowest BCUT2D eigenvalue weighted by atomic mass is 9.99. The Morgan fingerprint density at radius 2 is 2.14 bits per heavy atom. The van der Waals surface area contributed by atoms with Gasteiger partial charge in [-0.3, -0.25) is 14.9 Å². The summed E-state index contributed by atoms with van der Waals surface area (Å²) in [6, 6.07) is 4.25. The molecule has 0 bridgehead atoms. The molecule has 5 nitrogen and oxygen atoms in total. The average molecular weight is 313 g/mol. The van der Waals surface area contributed by atoms with Crippen LogP contribution in [0.2, 0.25) is 5.02 Å². The van der Waals surface area contributed by atoms with Gasteiger partial charge in [0, 0.05) is 12.6 Å². The molecule has 1 amide bonds. The number of nitrogens with zero attached hydrogens (tertiary/aromatic N) is 1. The van der Waals surface area contributed by atoms with Crippen molar-refractivity contribution in [1.29, 1.82) is 0 Å². The second kappa shape index (κ2) is 8.62. The van der Waals surface area contributed by atoms with E-state index >= 15 is 0 Å². The molecule has 116 valence electrons. The third-order valence-corrected chi connectivity index (χ3v) is 3.91. The predicted molar refractivity (Wildman–Crippen MR) is 83.7 cm³/mol. The Morgan fingerprint density at radius 3 is 2.71 bits per heavy atom. The second-order valence-corrected chi connectivity index (χ2v) is 5.40. The quantitative estimate of drug-likeness (QED) is 0.577. The minimum Gasteiger partial charge on any atom is -0.352 e. The lowest BCUT2D eigenvalue weighted by Crippen LogP contribution is -2.29. The summed E-state index contributed by atoms with van der Waals surface area (Å²) in [5.41, 5.74) is -0.0986. The fraction of sp³-hybridized carbons (Fsp3) is 0.533. The Hall–Kier alpha value is -1.62. The maximum atomic E-state index is 12.1. The number of nitrogens with one attached hydrogen (secondary N) is 1. The van der Waals surface area contributed by atoms with Crippen LogP contribution in [-0.2, 0) is 0 Å². The van der Waals surface area contributed by atoms with E-state index in [1.54, 1.807) is 0 Å². The zero-order valence-electron chi connectivity index (χ0n) is 12.4. The summed E-state index contributed by atoms with van der Waals surface area (Å²) in [5.74, 6) is 0.0602. The SMILES string of the molecule is CCCCC(CC)CNC(=O)c1cccc([N+](=O)[O-])c1Cl. The van der Waals surface area contributed by atoms with Crippen molar-refractivity contribution in [1.82, 2.24) is 5.32 Å². The van der Waals surface area contributed by atoms with E-state index in [4.69, 9.17) is 11.6 Å². The topological polar surface area (TPSA) is 72.2 Å². The molecule has 0 aliphatic rings. The van der Waals surface area contributed by atoms with Gasteiger partial charge in [0.25, 0.3) is 11.6 Å². The number of carbonyl (C=O) groups excluding carboxylic acids is 1. The number of carbonyl (C=O) groups is 1. The molecule has 1 aromatic carbocycles. The molecule has 0 fully saturated rings. The molecule has 0 aromatic heterocycles. The monoisotopic (exact) mass is 312 g/mol. The standard InChI is InChI=1S/C15H21ClN2O3/c1-3-5-7-11(4-2)10-17-15(19)12-8-6-9-13(14(12)16)18(20)21/h6,8-9,11H,3-5,7,10H2,1-2H3,(H,17,19). The minimum atomic E-state index is -0.588. The highest BCUT2D eigenvalue weighted by atomic mass is 35.5. The third kappa shape index (κ3) is 5.01. The van der Waals surface area contributed by atoms with Gasteiger partial charge < -0.3 is 5.32 Å². The molecule has 1 N–H and O–H groups in total. The van der Waals surface area contributed by atoms with Gasteiger partial charge in [0.05, 0.1) is 10.5 Å². The van der Waals surface area contributed by atoms with Crippen LogP contribution in [0.1, 0.15) is 49.9 Å². The first-order valence-electron chi connectivity index (χ1n) is 7.22. The normalized spacial score (nSPS) is 12.0. The van der Waals surface area contributed by atoms with Crippen LogP contribution < -0.4 is 5.32 Å². The summed E-state index contributed by atoms with van der Waals surface area (Å²) in [4.78, 5) is 22.3. The van der Waals surface area contributed by atoms with Crippen molar-refractivity contribution in [3.05, 3.63) is 38.9 Å². The van der Waals surface area contributed by atoms with Gasteiger partial charge in [0.1, 0.15) is 5.02 Å². The summed E-state index contributed by atoms with van der Waals surface area (Å²) < 4.78 is 0. The number of halogens is 1. The molecule has 0 heterocycles. The molecule has 0 saturated carbocycles. The highest BCUT2D eigenvalue weighted by Crippen LogP contribution is 2.27. The van der Waals surface area contributed by atoms with E-state index in [0.29, 0.717) is 12.5 Å². The first kappa shape index (κ1) is 17.4. The molecule has 0 saturated heterocycles. The van der Waals surface area contributed by atoms with Crippen LogP contribution in [0.25, 0.3) is 0 Å². The molecule has 1 atom stereocenters. The highest BCUT2D eigenvalue weighted by Gasteiger charge is 2.20. The maximum absolute atomic E-state index is 12.1. The summed E-state index contributed by atoms with van der Waals surface area (Å²) in [6.45, 7) is 4.79. The van der Waals surface area contributed by atoms with Gasteiger partial charge in [-0.2, -0.15) is 0 Å². The van der Waals surface area contributed by atoms with E-state index < -0.39 is 4.92 Å². The second-order valence-electron chi connectivity index (χ2n) is 5.02. The Labute approximate surface area is 129 Å². The van der Waals surface area contributed by atoms with E-state index in [2.05, 4.69) is 19.2 Å². The number of rotatable bonds is 8. The summed E-state index contributed by atoms with van der Waals surface area (Å²) in [6.07, 6.45) is 4.31. The summed E-state index contributed by atoms with van der Waals surface area (Å²) in [7, 11) is 0. The van der Waals surface area contributed by atoms with Crippen molar-refractivity contribution >= 4 is 23.2 Å². The molecule has 1 unspecified atom stereocenters. The Kier molecular flexibility index (Phi) is 7.15. The molecule has 21 heavy (non-hydrogen) atoms. The molecule has 1 rings (SSSR count). The van der Waals surface area contributed by atoms with Crippen LogP contribution in [0.15, 0.2) is 18.2 Å². The van der Waals surface area contributed by atoms with E-state index in [0.717, 1.165) is 25.7 Å². The smallest absolute Gasteiger partial charge is 0.288 e. The van der Waals surface area contributed by atoms with Gasteiger partial charge in [-0.25, -0.2) is 0 Å². The lowest BCUT2D eigenvalue weighted by molar-refractivity contribution is -0.384. The fourth-order valence-corrected chi connectivity index (χ4v) is 2.39. The Bertz CT molecular complexity index is 506. The molecule has 6 heteroatoms. The molecular weight excluding hydrogens is 292 g/mol. The number of nitro benzene ring substituents is 1. The van der Waals surface area contributed by atoms with Crippen LogP contribution in [0.4, 0.5) is 5.69 Å². The van der Waals surface area contributed by atoms with Gasteiger partial charge in [-0.15, -0.1) is 0 Å². The Balaban J connectivity index is 2.72. The van der Waals surface area contributed by atoms with Crippen LogP contribution in [-0.4, -0.2) is 17.4 Å². The minimum absolute atomic E-state index is 0.110. The van der Waals surface area contributed by atoms with Crippen molar-refractivity contribution in [2.24, 2.45) is 5.92 Å². The zero-order chi connectivity index (χ0) is 15.8. The highest BCUT2D eigenvalue weighted by molar-refractivity contribution is 6.35. The molecule has 1 aromatic rings. The van der Waals surface area contributed by atoms with E-state index in [1.807, 2.05) is 0 Å². The van der Waals surface area contributed by atoms with Crippen molar-refractivity contribution in [2.45, 2.75) is 39.5 Å². The van der Waals surface area contributed by atoms with Gasteiger partial charge >= 0.3 is 0 Å². The lowest BCUT2D eigenvalue weighted by Gasteiger charge is -2.15. The third-order valence-electron chi connectivity index (χ3n) is 3.51. The van der Waals surface area contributed by atoms with Crippen LogP contribution in [0.5, 0.6) is 0 Å². The number of nitro groups is 1. The van der Waals surface area contributed by atoms with E-state index in [1.165, 1.54) is 18.2 Å². The molecule has 0 radical (unpaired) electrons. The van der Waals surface area contributed by atoms with E-state index in [-0.39, 0.29) is 22.2 Å². The summed E-state index contributed by atoms with van der Waals surface area (Å²) >= 11 is 5.93. The fourth-order valence-electron chi connectivity index (χ4n) is 2.11. The Morgan fingerprint density at radius 1 is 1.43 bits per heavy atom. The van der Waals surface area contributed by atoms with Crippen LogP contribution in [0, 0.1) is 16.0 Å². The van der Waals surface area contributed by atoms with Crippen LogP contribution in [0.3, 0.4) is 0 Å². The number of hydrogen-bond acceptors (Lipinski definition) is 3. The largest absolute Gasteiger partial charge is 0.352 e. The molecule has 0 spiro atoms. The van der Waals surface area contributed by atoms with Crippen molar-refractivity contribution in [3.8, 4) is 0 Å². The first-order valence-corrected chi connectivity index (χ1v) is 7.60. The molecular formula is C15H21ClN2O3.